The van der Waals surface area contributed by atoms with E-state index < -0.39 is 15.6 Å². The summed E-state index contributed by atoms with van der Waals surface area (Å²) in [5.41, 5.74) is 4.09. The SMILES string of the molecule is COc1ccc(N=Nc2cc(OC)c(OC)c(OC)c2)cc1O.COc1ccc(N=Nc2cc(OC)c(OC)c(OC)c2)cc1OP(=O)(OCc1ccccc1)OCc1ccccc1.COc1ccc(N=Nc2cc(OC)c(OC)c(OC)c2)cc1OP(=O)([O-])[O-].[Na+].[Na+]. The van der Waals surface area contributed by atoms with Crippen LogP contribution in [0.5, 0.6) is 86.2 Å². The predicted octanol–water partition coefficient (Wildman–Crippen LogP) is 8.25. The van der Waals surface area contributed by atoms with Gasteiger partial charge in [0, 0.05) is 54.6 Å². The molecule has 0 saturated heterocycles. The minimum Gasteiger partial charge on any atom is -0.780 e. The number of azo groups is 3. The van der Waals surface area contributed by atoms with Gasteiger partial charge in [0.15, 0.2) is 69.0 Å². The van der Waals surface area contributed by atoms with Crippen molar-refractivity contribution in [2.24, 2.45) is 30.7 Å². The van der Waals surface area contributed by atoms with Crippen LogP contribution in [0.2, 0.25) is 0 Å². The third-order valence-electron chi connectivity index (χ3n) is 12.1. The van der Waals surface area contributed by atoms with Gasteiger partial charge in [0.25, 0.3) is 0 Å². The number of ether oxygens (including phenoxy) is 12. The molecule has 27 nitrogen and oxygen atoms in total. The van der Waals surface area contributed by atoms with Gasteiger partial charge in [-0.05, 0) is 47.5 Å². The standard InChI is InChI=1S/C30H31N2O8P.C16H19N2O8P.C16H18N2O5.2Na/c1-34-26-16-15-24(31-32-25-18-28(35-2)30(37-4)29(19-25)36-3)17-27(26)40-41(33,38-20-22-11-7-5-8-12-22)39-21-23-13-9-6-10-14-23;1-22-12-6-5-10(7-13(12)26-27(19,20)21)17-18-11-8-14(23-2)16(25-4)15(9-11)24-3;1-20-13-6-5-10(7-12(13)19)17-18-11-8-14(21-2)16(23-4)15(9-11)22-3;;/h5-19H,20-21H2,1-4H3;5-9H,1-4H3,(H2,19,20,21);5-9,19H,1-4H3;;/q;;;2*+1/p-2. The van der Waals surface area contributed by atoms with E-state index in [-0.39, 0.29) is 101 Å². The summed E-state index contributed by atoms with van der Waals surface area (Å²) in [6.07, 6.45) is 0. The molecule has 0 aromatic heterocycles. The fourth-order valence-corrected chi connectivity index (χ4v) is 9.41. The Morgan fingerprint density at radius 2 is 0.591 bits per heavy atom. The number of aromatic hydroxyl groups is 1. The molecule has 0 aliphatic heterocycles. The Kier molecular flexibility index (Phi) is 32.2. The number of nitrogens with zero attached hydrogens (tertiary/aromatic N) is 6. The maximum atomic E-state index is 13.9. The van der Waals surface area contributed by atoms with Crippen molar-refractivity contribution >= 4 is 49.8 Å². The van der Waals surface area contributed by atoms with Crippen LogP contribution in [0, 0.1) is 0 Å². The number of phenolic OH excluding ortho intramolecular Hbond substituents is 1. The molecule has 0 fully saturated rings. The molecule has 0 heterocycles. The van der Waals surface area contributed by atoms with Gasteiger partial charge in [-0.25, -0.2) is 4.57 Å². The number of hydrogen-bond acceptors (Lipinski definition) is 27. The molecular formula is C62H66N6Na2O21P2. The molecule has 8 aromatic carbocycles. The van der Waals surface area contributed by atoms with Crippen LogP contribution in [-0.4, -0.2) is 90.4 Å². The van der Waals surface area contributed by atoms with Crippen LogP contribution in [-0.2, 0) is 31.4 Å². The first kappa shape index (κ1) is 77.3. The number of phosphoric acid groups is 2. The predicted molar refractivity (Wildman–Crippen MR) is 330 cm³/mol. The molecule has 93 heavy (non-hydrogen) atoms. The van der Waals surface area contributed by atoms with E-state index in [0.29, 0.717) is 91.7 Å². The van der Waals surface area contributed by atoms with Crippen molar-refractivity contribution in [2.45, 2.75) is 13.2 Å². The zero-order chi connectivity index (χ0) is 65.9. The van der Waals surface area contributed by atoms with E-state index in [1.807, 2.05) is 60.7 Å². The van der Waals surface area contributed by atoms with E-state index in [4.69, 9.17) is 70.4 Å². The van der Waals surface area contributed by atoms with Crippen LogP contribution in [0.15, 0.2) is 182 Å². The summed E-state index contributed by atoms with van der Waals surface area (Å²) in [6, 6.07) is 42.2. The number of rotatable bonds is 28. The first-order valence-corrected chi connectivity index (χ1v) is 29.6. The molecule has 8 rings (SSSR count). The van der Waals surface area contributed by atoms with E-state index in [0.717, 1.165) is 11.1 Å². The summed E-state index contributed by atoms with van der Waals surface area (Å²) in [4.78, 5) is 21.7. The maximum Gasteiger partial charge on any atom is 1.00 e. The average Bonchev–Trinajstić information content (AvgIpc) is 1.53. The summed E-state index contributed by atoms with van der Waals surface area (Å²) in [5.74, 6) is 4.52. The molecule has 1 N–H and O–H groups in total. The van der Waals surface area contributed by atoms with Crippen molar-refractivity contribution in [1.29, 1.82) is 0 Å². The smallest absolute Gasteiger partial charge is 0.780 e. The second-order valence-electron chi connectivity index (χ2n) is 17.9. The molecule has 0 bridgehead atoms. The average molecular weight is 1340 g/mol. The Labute approximate surface area is 581 Å². The van der Waals surface area contributed by atoms with Gasteiger partial charge in [-0.15, -0.1) is 0 Å². The number of phenols is 1. The summed E-state index contributed by atoms with van der Waals surface area (Å²) in [6.45, 7) is 0.0194. The Bertz CT molecular complexity index is 3750. The molecule has 0 aliphatic carbocycles. The summed E-state index contributed by atoms with van der Waals surface area (Å²) in [5, 5.41) is 34.6. The van der Waals surface area contributed by atoms with Crippen molar-refractivity contribution in [1.82, 2.24) is 0 Å². The molecule has 482 valence electrons. The second kappa shape index (κ2) is 38.8. The van der Waals surface area contributed by atoms with Crippen molar-refractivity contribution < 1.29 is 158 Å². The van der Waals surface area contributed by atoms with Gasteiger partial charge >= 0.3 is 66.9 Å². The largest absolute Gasteiger partial charge is 1.00 e. The van der Waals surface area contributed by atoms with Gasteiger partial charge in [-0.3, -0.25) is 9.05 Å². The van der Waals surface area contributed by atoms with Gasteiger partial charge in [-0.2, -0.15) is 30.7 Å². The van der Waals surface area contributed by atoms with Gasteiger partial charge in [-0.1, -0.05) is 60.7 Å². The Balaban J connectivity index is 0.000000310. The van der Waals surface area contributed by atoms with Crippen molar-refractivity contribution in [2.75, 3.05) is 85.3 Å². The molecule has 0 aliphatic rings. The van der Waals surface area contributed by atoms with Crippen molar-refractivity contribution in [3.8, 4) is 86.2 Å². The molecule has 0 radical (unpaired) electrons. The first-order valence-electron chi connectivity index (χ1n) is 26.7. The van der Waals surface area contributed by atoms with Crippen molar-refractivity contribution in [3.05, 3.63) is 163 Å². The molecule has 31 heteroatoms. The minimum absolute atomic E-state index is 0. The van der Waals surface area contributed by atoms with Crippen LogP contribution >= 0.6 is 15.6 Å². The fourth-order valence-electron chi connectivity index (χ4n) is 7.85. The fraction of sp³-hybridized carbons (Fsp3) is 0.226. The van der Waals surface area contributed by atoms with Gasteiger partial charge in [0.05, 0.1) is 133 Å². The van der Waals surface area contributed by atoms with Gasteiger partial charge < -0.3 is 85.3 Å². The van der Waals surface area contributed by atoms with Gasteiger partial charge in [0.1, 0.15) is 7.82 Å². The van der Waals surface area contributed by atoms with Crippen LogP contribution in [0.25, 0.3) is 0 Å². The monoisotopic (exact) mass is 1340 g/mol. The molecule has 8 aromatic rings. The molecule has 0 unspecified atom stereocenters. The van der Waals surface area contributed by atoms with E-state index in [2.05, 4.69) is 35.2 Å². The number of phosphoric ester groups is 2. The third-order valence-corrected chi connectivity index (χ3v) is 13.9. The molecule has 0 saturated carbocycles. The Hall–Kier alpha value is -8.14. The quantitative estimate of drug-likeness (QED) is 0.0274. The van der Waals surface area contributed by atoms with E-state index in [1.54, 1.807) is 60.7 Å². The van der Waals surface area contributed by atoms with E-state index >= 15 is 0 Å². The van der Waals surface area contributed by atoms with E-state index in [9.17, 15) is 24.0 Å². The normalized spacial score (nSPS) is 10.9. The molecule has 0 atom stereocenters. The minimum atomic E-state index is -5.25. The third kappa shape index (κ3) is 23.1. The van der Waals surface area contributed by atoms with Crippen LogP contribution in [0.4, 0.5) is 34.1 Å². The molecular weight excluding hydrogens is 1270 g/mol. The Morgan fingerprint density at radius 1 is 0.323 bits per heavy atom. The van der Waals surface area contributed by atoms with E-state index in [1.165, 1.54) is 116 Å². The second-order valence-corrected chi connectivity index (χ2v) is 20.5. The van der Waals surface area contributed by atoms with Gasteiger partial charge in [0.2, 0.25) is 17.2 Å². The molecule has 0 amide bonds. The maximum absolute atomic E-state index is 13.9. The summed E-state index contributed by atoms with van der Waals surface area (Å²) >= 11 is 0. The first-order chi connectivity index (χ1) is 43.9. The number of methoxy groups -OCH3 is 12. The zero-order valence-electron chi connectivity index (χ0n) is 53.5. The number of benzene rings is 8. The van der Waals surface area contributed by atoms with Crippen molar-refractivity contribution in [3.63, 3.8) is 0 Å². The van der Waals surface area contributed by atoms with Crippen LogP contribution in [0.1, 0.15) is 11.1 Å². The van der Waals surface area contributed by atoms with Crippen LogP contribution < -0.4 is 135 Å². The summed E-state index contributed by atoms with van der Waals surface area (Å²) < 4.78 is 109. The van der Waals surface area contributed by atoms with Crippen LogP contribution in [0.3, 0.4) is 0 Å². The zero-order valence-corrected chi connectivity index (χ0v) is 59.3. The molecule has 0 spiro atoms. The number of hydrogen-bond donors (Lipinski definition) is 1. The topological polar surface area (TPSA) is 322 Å². The Morgan fingerprint density at radius 3 is 0.871 bits per heavy atom. The summed E-state index contributed by atoms with van der Waals surface area (Å²) in [7, 11) is 8.41.